The molecular weight excluding hydrogens is 392 g/mol. The maximum absolute atomic E-state index is 12.7. The highest BCUT2D eigenvalue weighted by molar-refractivity contribution is 7.89. The molecule has 156 valence electrons. The van der Waals surface area contributed by atoms with Gasteiger partial charge in [0.15, 0.2) is 0 Å². The van der Waals surface area contributed by atoms with Gasteiger partial charge >= 0.3 is 0 Å². The molecular formula is C20H26N4O4S. The number of nitrogens with zero attached hydrogens (tertiary/aromatic N) is 4. The van der Waals surface area contributed by atoms with Gasteiger partial charge in [-0.1, -0.05) is 18.2 Å². The second-order valence-corrected chi connectivity index (χ2v) is 9.31. The second-order valence-electron chi connectivity index (χ2n) is 7.38. The molecule has 0 N–H and O–H groups in total. The fourth-order valence-electron chi connectivity index (χ4n) is 3.64. The average Bonchev–Trinajstić information content (AvgIpc) is 2.72. The number of amides is 1. The Bertz CT molecular complexity index is 892. The number of carbonyl (C=O) groups excluding carboxylic acids is 1. The second kappa shape index (κ2) is 8.95. The van der Waals surface area contributed by atoms with Gasteiger partial charge in [-0.2, -0.15) is 9.57 Å². The van der Waals surface area contributed by atoms with E-state index in [1.807, 2.05) is 24.8 Å². The van der Waals surface area contributed by atoms with Crippen LogP contribution in [0, 0.1) is 11.3 Å². The average molecular weight is 419 g/mol. The molecule has 0 bridgehead atoms. The Hall–Kier alpha value is -2.41. The fraction of sp³-hybridized carbons (Fsp3) is 0.500. The molecule has 2 heterocycles. The van der Waals surface area contributed by atoms with Crippen molar-refractivity contribution in [1.82, 2.24) is 14.1 Å². The molecule has 2 aliphatic rings. The van der Waals surface area contributed by atoms with Gasteiger partial charge in [0.25, 0.3) is 5.91 Å². The van der Waals surface area contributed by atoms with Crippen LogP contribution in [0.4, 0.5) is 0 Å². The smallest absolute Gasteiger partial charge is 0.266 e. The summed E-state index contributed by atoms with van der Waals surface area (Å²) in [6.45, 7) is 6.13. The van der Waals surface area contributed by atoms with E-state index in [2.05, 4.69) is 0 Å². The standard InChI is InChI=1S/C20H26N4O4S/c1-16-13-23(14-17(2)28-16)20(25)18(12-21)15-22-8-10-24(11-9-22)29(26,27)19-6-4-3-5-7-19/h3-7,15-17H,8-11,13-14H2,1-2H3/b18-15-. The number of sulfonamides is 1. The Morgan fingerprint density at radius 3 is 2.24 bits per heavy atom. The number of hydrogen-bond acceptors (Lipinski definition) is 6. The molecule has 9 heteroatoms. The molecule has 2 aliphatic heterocycles. The van der Waals surface area contributed by atoms with Crippen molar-refractivity contribution in [2.75, 3.05) is 39.3 Å². The number of piperazine rings is 1. The zero-order valence-corrected chi connectivity index (χ0v) is 17.5. The van der Waals surface area contributed by atoms with Crippen molar-refractivity contribution in [2.24, 2.45) is 0 Å². The van der Waals surface area contributed by atoms with Gasteiger partial charge in [0, 0.05) is 45.5 Å². The molecule has 0 saturated carbocycles. The SMILES string of the molecule is CC1CN(C(=O)/C(C#N)=C\N2CCN(S(=O)(=O)c3ccccc3)CC2)CC(C)O1. The summed E-state index contributed by atoms with van der Waals surface area (Å²) >= 11 is 0. The zero-order valence-electron chi connectivity index (χ0n) is 16.7. The molecule has 0 aliphatic carbocycles. The van der Waals surface area contributed by atoms with Gasteiger partial charge in [-0.3, -0.25) is 4.79 Å². The summed E-state index contributed by atoms with van der Waals surface area (Å²) in [4.78, 5) is 16.5. The van der Waals surface area contributed by atoms with E-state index in [1.165, 1.54) is 4.31 Å². The fourth-order valence-corrected chi connectivity index (χ4v) is 5.09. The van der Waals surface area contributed by atoms with Crippen molar-refractivity contribution in [1.29, 1.82) is 5.26 Å². The van der Waals surface area contributed by atoms with Gasteiger partial charge in [0.1, 0.15) is 11.6 Å². The number of nitriles is 1. The largest absolute Gasteiger partial charge is 0.373 e. The van der Waals surface area contributed by atoms with Crippen LogP contribution in [0.1, 0.15) is 13.8 Å². The molecule has 2 fully saturated rings. The molecule has 0 radical (unpaired) electrons. The predicted octanol–water partition coefficient (Wildman–Crippen LogP) is 1.04. The van der Waals surface area contributed by atoms with Crippen LogP contribution in [-0.4, -0.2) is 79.9 Å². The minimum absolute atomic E-state index is 0.0608. The molecule has 29 heavy (non-hydrogen) atoms. The number of morpholine rings is 1. The molecule has 3 rings (SSSR count). The minimum atomic E-state index is -3.53. The van der Waals surface area contributed by atoms with Gasteiger partial charge in [-0.05, 0) is 26.0 Å². The summed E-state index contributed by atoms with van der Waals surface area (Å²) in [5.74, 6) is -0.311. The van der Waals surface area contributed by atoms with Gasteiger partial charge in [-0.25, -0.2) is 8.42 Å². The van der Waals surface area contributed by atoms with E-state index in [0.717, 1.165) is 0 Å². The highest BCUT2D eigenvalue weighted by Crippen LogP contribution is 2.18. The topological polar surface area (TPSA) is 94.0 Å². The number of carbonyl (C=O) groups is 1. The maximum Gasteiger partial charge on any atom is 0.266 e. The summed E-state index contributed by atoms with van der Waals surface area (Å²) < 4.78 is 32.5. The normalized spacial score (nSPS) is 24.2. The third-order valence-corrected chi connectivity index (χ3v) is 6.94. The molecule has 1 aromatic carbocycles. The van der Waals surface area contributed by atoms with Crippen LogP contribution >= 0.6 is 0 Å². The van der Waals surface area contributed by atoms with Crippen LogP contribution in [-0.2, 0) is 19.6 Å². The quantitative estimate of drug-likeness (QED) is 0.536. The van der Waals surface area contributed by atoms with E-state index in [0.29, 0.717) is 39.3 Å². The number of hydrogen-bond donors (Lipinski definition) is 0. The lowest BCUT2D eigenvalue weighted by atomic mass is 10.2. The third kappa shape index (κ3) is 4.96. The molecule has 8 nitrogen and oxygen atoms in total. The monoisotopic (exact) mass is 418 g/mol. The highest BCUT2D eigenvalue weighted by atomic mass is 32.2. The first-order chi connectivity index (χ1) is 13.8. The lowest BCUT2D eigenvalue weighted by Crippen LogP contribution is -2.49. The zero-order chi connectivity index (χ0) is 21.0. The van der Waals surface area contributed by atoms with Crippen LogP contribution < -0.4 is 0 Å². The van der Waals surface area contributed by atoms with E-state index in [4.69, 9.17) is 4.74 Å². The molecule has 0 spiro atoms. The molecule has 0 aromatic heterocycles. The molecule has 1 aromatic rings. The van der Waals surface area contributed by atoms with Crippen molar-refractivity contribution < 1.29 is 17.9 Å². The van der Waals surface area contributed by atoms with Crippen molar-refractivity contribution in [3.05, 3.63) is 42.1 Å². The van der Waals surface area contributed by atoms with Gasteiger partial charge in [-0.15, -0.1) is 0 Å². The lowest BCUT2D eigenvalue weighted by Gasteiger charge is -2.36. The van der Waals surface area contributed by atoms with Crippen LogP contribution in [0.25, 0.3) is 0 Å². The van der Waals surface area contributed by atoms with E-state index in [-0.39, 0.29) is 28.6 Å². The van der Waals surface area contributed by atoms with E-state index in [1.54, 1.807) is 41.4 Å². The van der Waals surface area contributed by atoms with E-state index < -0.39 is 10.0 Å². The first-order valence-electron chi connectivity index (χ1n) is 9.67. The minimum Gasteiger partial charge on any atom is -0.373 e. The van der Waals surface area contributed by atoms with Crippen molar-refractivity contribution >= 4 is 15.9 Å². The molecule has 2 atom stereocenters. The van der Waals surface area contributed by atoms with Gasteiger partial charge < -0.3 is 14.5 Å². The van der Waals surface area contributed by atoms with Crippen molar-refractivity contribution in [3.63, 3.8) is 0 Å². The van der Waals surface area contributed by atoms with Crippen LogP contribution in [0.2, 0.25) is 0 Å². The molecule has 1 amide bonds. The Balaban J connectivity index is 1.64. The summed E-state index contributed by atoms with van der Waals surface area (Å²) in [7, 11) is -3.53. The van der Waals surface area contributed by atoms with Crippen molar-refractivity contribution in [2.45, 2.75) is 31.0 Å². The summed E-state index contributed by atoms with van der Waals surface area (Å²) in [5, 5.41) is 9.49. The highest BCUT2D eigenvalue weighted by Gasteiger charge is 2.30. The summed E-state index contributed by atoms with van der Waals surface area (Å²) in [6, 6.07) is 10.3. The Labute approximate surface area is 172 Å². The van der Waals surface area contributed by atoms with Crippen LogP contribution in [0.15, 0.2) is 47.0 Å². The lowest BCUT2D eigenvalue weighted by molar-refractivity contribution is -0.138. The first kappa shape index (κ1) is 21.3. The first-order valence-corrected chi connectivity index (χ1v) is 11.1. The number of ether oxygens (including phenoxy) is 1. The maximum atomic E-state index is 12.7. The molecule has 2 unspecified atom stereocenters. The molecule has 2 saturated heterocycles. The number of rotatable bonds is 4. The third-order valence-electron chi connectivity index (χ3n) is 5.02. The van der Waals surface area contributed by atoms with Gasteiger partial charge in [0.05, 0.1) is 17.1 Å². The van der Waals surface area contributed by atoms with Gasteiger partial charge in [0.2, 0.25) is 10.0 Å². The van der Waals surface area contributed by atoms with Crippen molar-refractivity contribution in [3.8, 4) is 6.07 Å². The Kier molecular flexibility index (Phi) is 6.57. The predicted molar refractivity (Wildman–Crippen MR) is 107 cm³/mol. The Morgan fingerprint density at radius 2 is 1.69 bits per heavy atom. The number of benzene rings is 1. The Morgan fingerprint density at radius 1 is 1.10 bits per heavy atom. The van der Waals surface area contributed by atoms with Crippen LogP contribution in [0.3, 0.4) is 0 Å². The summed E-state index contributed by atoms with van der Waals surface area (Å²) in [6.07, 6.45) is 1.41. The summed E-state index contributed by atoms with van der Waals surface area (Å²) in [5.41, 5.74) is 0.0608. The van der Waals surface area contributed by atoms with Crippen LogP contribution in [0.5, 0.6) is 0 Å². The van der Waals surface area contributed by atoms with E-state index in [9.17, 15) is 18.5 Å². The van der Waals surface area contributed by atoms with E-state index >= 15 is 0 Å².